The van der Waals surface area contributed by atoms with Gasteiger partial charge in [0.15, 0.2) is 0 Å². The number of hydrogen-bond donors (Lipinski definition) is 2. The molecule has 8 heteroatoms. The van der Waals surface area contributed by atoms with Crippen molar-refractivity contribution in [2.24, 2.45) is 0 Å². The molecule has 1 aromatic carbocycles. The van der Waals surface area contributed by atoms with Gasteiger partial charge in [-0.25, -0.2) is 4.79 Å². The van der Waals surface area contributed by atoms with E-state index in [0.29, 0.717) is 6.54 Å². The predicted octanol–water partition coefficient (Wildman–Crippen LogP) is 2.36. The summed E-state index contributed by atoms with van der Waals surface area (Å²) in [7, 11) is 7.62. The second kappa shape index (κ2) is 12.9. The van der Waals surface area contributed by atoms with Crippen LogP contribution in [0, 0.1) is 0 Å². The van der Waals surface area contributed by atoms with Crippen LogP contribution in [0.1, 0.15) is 12.5 Å². The highest BCUT2D eigenvalue weighted by atomic mass is 33.1. The zero-order chi connectivity index (χ0) is 18.5. The number of benzene rings is 1. The van der Waals surface area contributed by atoms with Crippen LogP contribution in [0.5, 0.6) is 0 Å². The van der Waals surface area contributed by atoms with E-state index in [1.165, 1.54) is 0 Å². The number of alkyl carbamates (subject to hydrolysis) is 1. The molecule has 0 fully saturated rings. The summed E-state index contributed by atoms with van der Waals surface area (Å²) >= 11 is 0. The molecule has 0 radical (unpaired) electrons. The molecule has 2 amide bonds. The van der Waals surface area contributed by atoms with Crippen LogP contribution in [0.15, 0.2) is 30.3 Å². The van der Waals surface area contributed by atoms with Gasteiger partial charge in [0.05, 0.1) is 0 Å². The van der Waals surface area contributed by atoms with Gasteiger partial charge in [-0.1, -0.05) is 51.9 Å². The van der Waals surface area contributed by atoms with Crippen LogP contribution in [0.3, 0.4) is 0 Å². The third-order valence-corrected chi connectivity index (χ3v) is 5.52. The highest BCUT2D eigenvalue weighted by Crippen LogP contribution is 2.19. The van der Waals surface area contributed by atoms with Crippen molar-refractivity contribution in [3.8, 4) is 0 Å². The first-order valence-corrected chi connectivity index (χ1v) is 10.6. The number of rotatable bonds is 11. The summed E-state index contributed by atoms with van der Waals surface area (Å²) in [6.45, 7) is 3.43. The van der Waals surface area contributed by atoms with Crippen LogP contribution in [0.2, 0.25) is 0 Å². The van der Waals surface area contributed by atoms with E-state index < -0.39 is 12.1 Å². The quantitative estimate of drug-likeness (QED) is 0.450. The van der Waals surface area contributed by atoms with E-state index in [1.807, 2.05) is 44.4 Å². The molecule has 1 unspecified atom stereocenters. The van der Waals surface area contributed by atoms with Crippen LogP contribution in [0.25, 0.3) is 0 Å². The van der Waals surface area contributed by atoms with Crippen molar-refractivity contribution in [1.82, 2.24) is 15.5 Å². The minimum absolute atomic E-state index is 0.182. The molecule has 0 aliphatic carbocycles. The molecule has 0 saturated carbocycles. The highest BCUT2D eigenvalue weighted by molar-refractivity contribution is 8.76. The first kappa shape index (κ1) is 21.7. The maximum Gasteiger partial charge on any atom is 0.408 e. The summed E-state index contributed by atoms with van der Waals surface area (Å²) in [5, 5.41) is 5.34. The van der Waals surface area contributed by atoms with Gasteiger partial charge in [0, 0.05) is 24.6 Å². The van der Waals surface area contributed by atoms with Gasteiger partial charge in [0.2, 0.25) is 5.91 Å². The van der Waals surface area contributed by atoms with Gasteiger partial charge >= 0.3 is 6.09 Å². The first-order valence-electron chi connectivity index (χ1n) is 8.13. The fourth-order valence-electron chi connectivity index (χ4n) is 1.71. The molecular formula is C17H27N3O3S2. The number of carbonyl (C=O) groups excluding carboxylic acids is 2. The third kappa shape index (κ3) is 11.0. The van der Waals surface area contributed by atoms with Crippen molar-refractivity contribution in [2.45, 2.75) is 19.6 Å². The lowest BCUT2D eigenvalue weighted by atomic mass is 10.2. The number of amides is 2. The second-order valence-corrected chi connectivity index (χ2v) is 8.37. The van der Waals surface area contributed by atoms with Crippen LogP contribution in [-0.4, -0.2) is 61.6 Å². The molecule has 0 spiro atoms. The Bertz CT molecular complexity index is 515. The summed E-state index contributed by atoms with van der Waals surface area (Å²) in [4.78, 5) is 25.8. The Morgan fingerprint density at radius 1 is 1.16 bits per heavy atom. The molecule has 0 aliphatic heterocycles. The molecule has 1 rings (SSSR count). The van der Waals surface area contributed by atoms with E-state index >= 15 is 0 Å². The molecule has 1 atom stereocenters. The van der Waals surface area contributed by atoms with Gasteiger partial charge in [-0.2, -0.15) is 0 Å². The van der Waals surface area contributed by atoms with Crippen molar-refractivity contribution in [3.05, 3.63) is 35.9 Å². The Hall–Kier alpha value is -1.38. The number of hydrogen-bond acceptors (Lipinski definition) is 6. The number of nitrogens with zero attached hydrogens (tertiary/aromatic N) is 1. The summed E-state index contributed by atoms with van der Waals surface area (Å²) < 4.78 is 5.10. The average molecular weight is 386 g/mol. The highest BCUT2D eigenvalue weighted by Gasteiger charge is 2.15. The normalized spacial score (nSPS) is 11.8. The van der Waals surface area contributed by atoms with Crippen molar-refractivity contribution in [1.29, 1.82) is 0 Å². The monoisotopic (exact) mass is 385 g/mol. The average Bonchev–Trinajstić information content (AvgIpc) is 2.59. The molecule has 0 aromatic heterocycles. The van der Waals surface area contributed by atoms with Crippen molar-refractivity contribution < 1.29 is 14.3 Å². The SMILES string of the molecule is CC(NC(=O)OCc1ccccc1)C(=O)NCCSSCCN(C)C. The van der Waals surface area contributed by atoms with E-state index in [4.69, 9.17) is 4.74 Å². The number of nitrogens with one attached hydrogen (secondary N) is 2. The topological polar surface area (TPSA) is 70.7 Å². The molecule has 2 N–H and O–H groups in total. The zero-order valence-corrected chi connectivity index (χ0v) is 16.6. The van der Waals surface area contributed by atoms with E-state index in [0.717, 1.165) is 23.6 Å². The van der Waals surface area contributed by atoms with Crippen molar-refractivity contribution in [2.75, 3.05) is 38.7 Å². The Labute approximate surface area is 157 Å². The number of ether oxygens (including phenoxy) is 1. The van der Waals surface area contributed by atoms with E-state index in [1.54, 1.807) is 28.5 Å². The zero-order valence-electron chi connectivity index (χ0n) is 15.0. The van der Waals surface area contributed by atoms with Gasteiger partial charge in [0.1, 0.15) is 12.6 Å². The molecule has 1 aromatic rings. The Morgan fingerprint density at radius 2 is 1.84 bits per heavy atom. The van der Waals surface area contributed by atoms with E-state index in [2.05, 4.69) is 15.5 Å². The summed E-state index contributed by atoms with van der Waals surface area (Å²) in [5.74, 6) is 1.67. The van der Waals surface area contributed by atoms with Crippen LogP contribution in [0.4, 0.5) is 4.79 Å². The molecule has 0 saturated heterocycles. The van der Waals surface area contributed by atoms with Gasteiger partial charge in [0.25, 0.3) is 0 Å². The standard InChI is InChI=1S/C17H27N3O3S2/c1-14(16(21)18-9-11-24-25-12-10-20(2)3)19-17(22)23-13-15-7-5-4-6-8-15/h4-8,14H,9-13H2,1-3H3,(H,18,21)(H,19,22). The summed E-state index contributed by atoms with van der Waals surface area (Å²) in [5.41, 5.74) is 0.901. The Balaban J connectivity index is 2.09. The van der Waals surface area contributed by atoms with E-state index in [9.17, 15) is 9.59 Å². The predicted molar refractivity (Wildman–Crippen MR) is 106 cm³/mol. The Kier molecular flexibility index (Phi) is 11.2. The molecule has 0 aliphatic rings. The first-order chi connectivity index (χ1) is 12.0. The van der Waals surface area contributed by atoms with Gasteiger partial charge in [-0.05, 0) is 26.6 Å². The maximum absolute atomic E-state index is 11.9. The largest absolute Gasteiger partial charge is 0.445 e. The lowest BCUT2D eigenvalue weighted by Crippen LogP contribution is -2.45. The minimum atomic E-state index is -0.630. The van der Waals surface area contributed by atoms with E-state index in [-0.39, 0.29) is 12.5 Å². The molecule has 6 nitrogen and oxygen atoms in total. The van der Waals surface area contributed by atoms with Gasteiger partial charge in [-0.15, -0.1) is 0 Å². The number of carbonyl (C=O) groups is 2. The van der Waals surface area contributed by atoms with Crippen LogP contribution >= 0.6 is 21.6 Å². The summed E-state index contributed by atoms with van der Waals surface area (Å²) in [6, 6.07) is 8.77. The summed E-state index contributed by atoms with van der Waals surface area (Å²) in [6.07, 6.45) is -0.597. The minimum Gasteiger partial charge on any atom is -0.445 e. The molecule has 0 heterocycles. The molecule has 0 bridgehead atoms. The molecular weight excluding hydrogens is 358 g/mol. The van der Waals surface area contributed by atoms with Gasteiger partial charge < -0.3 is 20.3 Å². The van der Waals surface area contributed by atoms with Crippen molar-refractivity contribution >= 4 is 33.6 Å². The molecule has 25 heavy (non-hydrogen) atoms. The smallest absolute Gasteiger partial charge is 0.408 e. The lowest BCUT2D eigenvalue weighted by molar-refractivity contribution is -0.122. The maximum atomic E-state index is 11.9. The van der Waals surface area contributed by atoms with Gasteiger partial charge in [-0.3, -0.25) is 4.79 Å². The third-order valence-electron chi connectivity index (χ3n) is 3.13. The van der Waals surface area contributed by atoms with Crippen molar-refractivity contribution in [3.63, 3.8) is 0 Å². The fraction of sp³-hybridized carbons (Fsp3) is 0.529. The lowest BCUT2D eigenvalue weighted by Gasteiger charge is -2.14. The second-order valence-electron chi connectivity index (χ2n) is 5.67. The van der Waals surface area contributed by atoms with Crippen LogP contribution < -0.4 is 10.6 Å². The molecule has 140 valence electrons. The Morgan fingerprint density at radius 3 is 2.52 bits per heavy atom. The fourth-order valence-corrected chi connectivity index (χ4v) is 3.76. The van der Waals surface area contributed by atoms with Crippen LogP contribution in [-0.2, 0) is 16.1 Å².